The first-order valence-electron chi connectivity index (χ1n) is 7.49. The van der Waals surface area contributed by atoms with Gasteiger partial charge in [-0.15, -0.1) is 0 Å². The van der Waals surface area contributed by atoms with Crippen LogP contribution >= 0.6 is 11.6 Å². The molecule has 2 aromatic carbocycles. The molecule has 0 aliphatic rings. The number of hydrogen-bond acceptors (Lipinski definition) is 3. The number of rotatable bonds is 6. The van der Waals surface area contributed by atoms with Crippen LogP contribution in [0.15, 0.2) is 48.5 Å². The summed E-state index contributed by atoms with van der Waals surface area (Å²) in [5, 5.41) is 6.18. The van der Waals surface area contributed by atoms with E-state index in [-0.39, 0.29) is 24.5 Å². The molecule has 2 N–H and O–H groups in total. The van der Waals surface area contributed by atoms with E-state index in [1.807, 2.05) is 25.1 Å². The standard InChI is InChI=1S/C18H19ClN2O3/c1-12(14-4-3-5-16(10-14)21-13(2)22)20-18(23)11-24-17-8-6-15(19)7-9-17/h3-10,12H,11H2,1-2H3,(H,20,23)(H,21,22). The smallest absolute Gasteiger partial charge is 0.258 e. The predicted octanol–water partition coefficient (Wildman–Crippen LogP) is 3.55. The molecule has 24 heavy (non-hydrogen) atoms. The minimum absolute atomic E-state index is 0.0860. The van der Waals surface area contributed by atoms with E-state index in [2.05, 4.69) is 10.6 Å². The van der Waals surface area contributed by atoms with E-state index in [0.717, 1.165) is 5.56 Å². The van der Waals surface area contributed by atoms with Crippen LogP contribution in [0, 0.1) is 0 Å². The molecule has 5 nitrogen and oxygen atoms in total. The van der Waals surface area contributed by atoms with E-state index in [4.69, 9.17) is 16.3 Å². The van der Waals surface area contributed by atoms with Crippen molar-refractivity contribution in [3.63, 3.8) is 0 Å². The zero-order valence-electron chi connectivity index (χ0n) is 13.5. The lowest BCUT2D eigenvalue weighted by Gasteiger charge is -2.16. The molecule has 0 aromatic heterocycles. The molecule has 6 heteroatoms. The number of hydrogen-bond donors (Lipinski definition) is 2. The second-order valence-corrected chi connectivity index (χ2v) is 5.77. The maximum Gasteiger partial charge on any atom is 0.258 e. The van der Waals surface area contributed by atoms with Gasteiger partial charge in [0, 0.05) is 17.6 Å². The SMILES string of the molecule is CC(=O)Nc1cccc(C(C)NC(=O)COc2ccc(Cl)cc2)c1. The number of nitrogens with one attached hydrogen (secondary N) is 2. The fourth-order valence-electron chi connectivity index (χ4n) is 2.14. The Balaban J connectivity index is 1.89. The van der Waals surface area contributed by atoms with E-state index in [1.54, 1.807) is 30.3 Å². The first kappa shape index (κ1) is 17.8. The van der Waals surface area contributed by atoms with Gasteiger partial charge in [0.1, 0.15) is 5.75 Å². The van der Waals surface area contributed by atoms with Gasteiger partial charge in [0.2, 0.25) is 5.91 Å². The van der Waals surface area contributed by atoms with Gasteiger partial charge in [0.25, 0.3) is 5.91 Å². The molecule has 0 bridgehead atoms. The molecular formula is C18H19ClN2O3. The number of amides is 2. The van der Waals surface area contributed by atoms with E-state index in [0.29, 0.717) is 16.5 Å². The molecule has 2 amide bonds. The minimum atomic E-state index is -0.234. The summed E-state index contributed by atoms with van der Waals surface area (Å²) in [6.45, 7) is 3.23. The van der Waals surface area contributed by atoms with Crippen LogP contribution < -0.4 is 15.4 Å². The molecule has 0 spiro atoms. The minimum Gasteiger partial charge on any atom is -0.484 e. The van der Waals surface area contributed by atoms with E-state index in [1.165, 1.54) is 6.92 Å². The van der Waals surface area contributed by atoms with Crippen molar-refractivity contribution in [1.29, 1.82) is 0 Å². The van der Waals surface area contributed by atoms with Gasteiger partial charge in [-0.05, 0) is 48.9 Å². The number of anilines is 1. The number of carbonyl (C=O) groups is 2. The van der Waals surface area contributed by atoms with Crippen LogP contribution in [0.5, 0.6) is 5.75 Å². The zero-order chi connectivity index (χ0) is 17.5. The van der Waals surface area contributed by atoms with Crippen LogP contribution in [-0.4, -0.2) is 18.4 Å². The van der Waals surface area contributed by atoms with E-state index < -0.39 is 0 Å². The molecule has 1 unspecified atom stereocenters. The lowest BCUT2D eigenvalue weighted by Crippen LogP contribution is -2.31. The number of benzene rings is 2. The zero-order valence-corrected chi connectivity index (χ0v) is 14.3. The number of halogens is 1. The maximum absolute atomic E-state index is 12.0. The van der Waals surface area contributed by atoms with Crippen LogP contribution in [0.1, 0.15) is 25.5 Å². The Morgan fingerprint density at radius 3 is 2.54 bits per heavy atom. The number of ether oxygens (including phenoxy) is 1. The second kappa shape index (κ2) is 8.36. The third kappa shape index (κ3) is 5.59. The fraction of sp³-hybridized carbons (Fsp3) is 0.222. The maximum atomic E-state index is 12.0. The third-order valence-corrected chi connectivity index (χ3v) is 3.52. The Hall–Kier alpha value is -2.53. The summed E-state index contributed by atoms with van der Waals surface area (Å²) in [7, 11) is 0. The highest BCUT2D eigenvalue weighted by Crippen LogP contribution is 2.18. The summed E-state index contributed by atoms with van der Waals surface area (Å²) in [5.74, 6) is 0.206. The van der Waals surface area contributed by atoms with Crippen molar-refractivity contribution < 1.29 is 14.3 Å². The molecular weight excluding hydrogens is 328 g/mol. The highest BCUT2D eigenvalue weighted by Gasteiger charge is 2.11. The van der Waals surface area contributed by atoms with E-state index >= 15 is 0 Å². The Bertz CT molecular complexity index is 716. The van der Waals surface area contributed by atoms with Gasteiger partial charge in [-0.25, -0.2) is 0 Å². The highest BCUT2D eigenvalue weighted by atomic mass is 35.5. The molecule has 0 aliphatic carbocycles. The molecule has 2 rings (SSSR count). The van der Waals surface area contributed by atoms with Crippen molar-refractivity contribution in [3.05, 3.63) is 59.1 Å². The summed E-state index contributed by atoms with van der Waals surface area (Å²) < 4.78 is 5.41. The van der Waals surface area contributed by atoms with Gasteiger partial charge >= 0.3 is 0 Å². The highest BCUT2D eigenvalue weighted by molar-refractivity contribution is 6.30. The first-order chi connectivity index (χ1) is 11.4. The van der Waals surface area contributed by atoms with Crippen LogP contribution in [-0.2, 0) is 9.59 Å². The van der Waals surface area contributed by atoms with Gasteiger partial charge in [-0.2, -0.15) is 0 Å². The third-order valence-electron chi connectivity index (χ3n) is 3.27. The lowest BCUT2D eigenvalue weighted by molar-refractivity contribution is -0.123. The Morgan fingerprint density at radius 2 is 1.88 bits per heavy atom. The molecule has 0 radical (unpaired) electrons. The van der Waals surface area contributed by atoms with Gasteiger partial charge in [0.15, 0.2) is 6.61 Å². The Labute approximate surface area is 146 Å². The van der Waals surface area contributed by atoms with Crippen LogP contribution in [0.4, 0.5) is 5.69 Å². The summed E-state index contributed by atoms with van der Waals surface area (Å²) in [4.78, 5) is 23.1. The summed E-state index contributed by atoms with van der Waals surface area (Å²) in [6.07, 6.45) is 0. The van der Waals surface area contributed by atoms with Crippen LogP contribution in [0.3, 0.4) is 0 Å². The largest absolute Gasteiger partial charge is 0.484 e. The Morgan fingerprint density at radius 1 is 1.17 bits per heavy atom. The van der Waals surface area contributed by atoms with Gasteiger partial charge in [-0.1, -0.05) is 23.7 Å². The first-order valence-corrected chi connectivity index (χ1v) is 7.87. The summed E-state index contributed by atoms with van der Waals surface area (Å²) in [5.41, 5.74) is 1.58. The summed E-state index contributed by atoms with van der Waals surface area (Å²) >= 11 is 5.79. The summed E-state index contributed by atoms with van der Waals surface area (Å²) in [6, 6.07) is 13.9. The quantitative estimate of drug-likeness (QED) is 0.840. The van der Waals surface area contributed by atoms with Crippen molar-refractivity contribution in [3.8, 4) is 5.75 Å². The van der Waals surface area contributed by atoms with Crippen molar-refractivity contribution in [2.45, 2.75) is 19.9 Å². The molecule has 126 valence electrons. The van der Waals surface area contributed by atoms with Crippen LogP contribution in [0.25, 0.3) is 0 Å². The molecule has 0 aliphatic heterocycles. The van der Waals surface area contributed by atoms with Crippen molar-refractivity contribution in [1.82, 2.24) is 5.32 Å². The van der Waals surface area contributed by atoms with Gasteiger partial charge < -0.3 is 15.4 Å². The molecule has 0 heterocycles. The molecule has 1 atom stereocenters. The second-order valence-electron chi connectivity index (χ2n) is 5.34. The molecule has 0 saturated carbocycles. The van der Waals surface area contributed by atoms with E-state index in [9.17, 15) is 9.59 Å². The average molecular weight is 347 g/mol. The number of carbonyl (C=O) groups excluding carboxylic acids is 2. The average Bonchev–Trinajstić information content (AvgIpc) is 2.54. The predicted molar refractivity (Wildman–Crippen MR) is 94.3 cm³/mol. The Kier molecular flexibility index (Phi) is 6.21. The normalized spacial score (nSPS) is 11.5. The van der Waals surface area contributed by atoms with Gasteiger partial charge in [-0.3, -0.25) is 9.59 Å². The molecule has 2 aromatic rings. The monoisotopic (exact) mass is 346 g/mol. The topological polar surface area (TPSA) is 67.4 Å². The van der Waals surface area contributed by atoms with Crippen molar-refractivity contribution in [2.24, 2.45) is 0 Å². The van der Waals surface area contributed by atoms with Crippen LogP contribution in [0.2, 0.25) is 5.02 Å². The fourth-order valence-corrected chi connectivity index (χ4v) is 2.26. The lowest BCUT2D eigenvalue weighted by atomic mass is 10.1. The van der Waals surface area contributed by atoms with Gasteiger partial charge in [0.05, 0.1) is 6.04 Å². The van der Waals surface area contributed by atoms with Crippen molar-refractivity contribution in [2.75, 3.05) is 11.9 Å². The van der Waals surface area contributed by atoms with Crippen molar-refractivity contribution >= 4 is 29.1 Å². The molecule has 0 fully saturated rings. The molecule has 0 saturated heterocycles.